The van der Waals surface area contributed by atoms with Gasteiger partial charge in [0.05, 0.1) is 20.3 Å². The van der Waals surface area contributed by atoms with Gasteiger partial charge in [0.25, 0.3) is 5.82 Å². The number of nitrogens with zero attached hydrogens (tertiary/aromatic N) is 3. The summed E-state index contributed by atoms with van der Waals surface area (Å²) in [5.41, 5.74) is 0.828. The van der Waals surface area contributed by atoms with Gasteiger partial charge in [-0.25, -0.2) is 9.13 Å². The Bertz CT molecular complexity index is 524. The summed E-state index contributed by atoms with van der Waals surface area (Å²) in [5, 5.41) is 11.4. The molecule has 5 nitrogen and oxygen atoms in total. The van der Waals surface area contributed by atoms with Gasteiger partial charge in [0.2, 0.25) is 0 Å². The standard InChI is InChI=1S/C13H15N3O2/c1-15-7-8-16(2)13(15)10-18-12-5-3-11(4-6-12)9-14-17/h3-9H,10H2,1-2H3/p+1/b14-9-. The largest absolute Gasteiger partial charge is 0.481 e. The first kappa shape index (κ1) is 12.2. The molecule has 0 saturated carbocycles. The van der Waals surface area contributed by atoms with Gasteiger partial charge in [0.1, 0.15) is 18.1 Å². The highest BCUT2D eigenvalue weighted by atomic mass is 16.5. The highest BCUT2D eigenvalue weighted by Crippen LogP contribution is 2.12. The lowest BCUT2D eigenvalue weighted by molar-refractivity contribution is -0.680. The molecule has 1 heterocycles. The molecular weight excluding hydrogens is 230 g/mol. The summed E-state index contributed by atoms with van der Waals surface area (Å²) in [7, 11) is 3.97. The molecule has 0 fully saturated rings. The predicted molar refractivity (Wildman–Crippen MR) is 66.7 cm³/mol. The van der Waals surface area contributed by atoms with Gasteiger partial charge in [0, 0.05) is 0 Å². The monoisotopic (exact) mass is 246 g/mol. The molecule has 5 heteroatoms. The molecule has 0 amide bonds. The molecule has 0 aliphatic rings. The minimum Gasteiger partial charge on any atom is -0.481 e. The number of hydrogen-bond acceptors (Lipinski definition) is 3. The first-order chi connectivity index (χ1) is 8.70. The van der Waals surface area contributed by atoms with Crippen LogP contribution in [0.2, 0.25) is 0 Å². The van der Waals surface area contributed by atoms with Crippen LogP contribution >= 0.6 is 0 Å². The molecule has 18 heavy (non-hydrogen) atoms. The molecule has 1 aromatic heterocycles. The van der Waals surface area contributed by atoms with Crippen molar-refractivity contribution in [2.75, 3.05) is 0 Å². The highest BCUT2D eigenvalue weighted by molar-refractivity contribution is 5.79. The number of oxime groups is 1. The molecule has 2 rings (SSSR count). The lowest BCUT2D eigenvalue weighted by Crippen LogP contribution is -2.32. The van der Waals surface area contributed by atoms with Gasteiger partial charge < -0.3 is 9.94 Å². The van der Waals surface area contributed by atoms with Gasteiger partial charge in [-0.05, 0) is 29.8 Å². The Labute approximate surface area is 106 Å². The Morgan fingerprint density at radius 3 is 2.67 bits per heavy atom. The van der Waals surface area contributed by atoms with Crippen LogP contribution in [0.15, 0.2) is 41.8 Å². The van der Waals surface area contributed by atoms with Crippen LogP contribution in [0, 0.1) is 0 Å². The van der Waals surface area contributed by atoms with Crippen LogP contribution in [0.4, 0.5) is 0 Å². The second kappa shape index (κ2) is 5.35. The summed E-state index contributed by atoms with van der Waals surface area (Å²) in [4.78, 5) is 0. The van der Waals surface area contributed by atoms with Crippen LogP contribution in [0.5, 0.6) is 5.75 Å². The van der Waals surface area contributed by atoms with Crippen LogP contribution in [0.1, 0.15) is 11.4 Å². The average molecular weight is 246 g/mol. The number of benzene rings is 1. The maximum atomic E-state index is 8.41. The lowest BCUT2D eigenvalue weighted by atomic mass is 10.2. The van der Waals surface area contributed by atoms with Gasteiger partial charge in [-0.15, -0.1) is 0 Å². The smallest absolute Gasteiger partial charge is 0.294 e. The summed E-state index contributed by atoms with van der Waals surface area (Å²) in [6, 6.07) is 7.36. The summed E-state index contributed by atoms with van der Waals surface area (Å²) < 4.78 is 9.74. The van der Waals surface area contributed by atoms with E-state index in [1.165, 1.54) is 6.21 Å². The van der Waals surface area contributed by atoms with Crippen molar-refractivity contribution < 1.29 is 14.5 Å². The molecule has 0 aliphatic heterocycles. The van der Waals surface area contributed by atoms with E-state index >= 15 is 0 Å². The molecule has 94 valence electrons. The van der Waals surface area contributed by atoms with Crippen molar-refractivity contribution in [1.82, 2.24) is 4.57 Å². The van der Waals surface area contributed by atoms with E-state index in [2.05, 4.69) is 5.16 Å². The fourth-order valence-electron chi connectivity index (χ4n) is 1.69. The van der Waals surface area contributed by atoms with Crippen molar-refractivity contribution in [3.05, 3.63) is 48.0 Å². The van der Waals surface area contributed by atoms with Crippen molar-refractivity contribution >= 4 is 6.21 Å². The first-order valence-electron chi connectivity index (χ1n) is 5.61. The fraction of sp³-hybridized carbons (Fsp3) is 0.231. The van der Waals surface area contributed by atoms with Crippen LogP contribution in [0.25, 0.3) is 0 Å². The van der Waals surface area contributed by atoms with Gasteiger partial charge >= 0.3 is 0 Å². The van der Waals surface area contributed by atoms with E-state index in [0.717, 1.165) is 17.1 Å². The molecule has 1 N–H and O–H groups in total. The Balaban J connectivity index is 2.02. The maximum Gasteiger partial charge on any atom is 0.294 e. The van der Waals surface area contributed by atoms with E-state index in [1.807, 2.05) is 59.9 Å². The molecule has 0 atom stereocenters. The van der Waals surface area contributed by atoms with E-state index in [0.29, 0.717) is 6.61 Å². The third kappa shape index (κ3) is 2.68. The zero-order valence-corrected chi connectivity index (χ0v) is 10.4. The van der Waals surface area contributed by atoms with Crippen molar-refractivity contribution in [2.45, 2.75) is 6.61 Å². The minimum atomic E-state index is 0.507. The number of ether oxygens (including phenoxy) is 1. The predicted octanol–water partition coefficient (Wildman–Crippen LogP) is 1.24. The van der Waals surface area contributed by atoms with Crippen LogP contribution < -0.4 is 9.30 Å². The van der Waals surface area contributed by atoms with Gasteiger partial charge in [0.15, 0.2) is 6.61 Å². The van der Waals surface area contributed by atoms with Crippen molar-refractivity contribution in [1.29, 1.82) is 0 Å². The summed E-state index contributed by atoms with van der Waals surface area (Å²) >= 11 is 0. The molecule has 0 saturated heterocycles. The molecule has 2 aromatic rings. The number of hydrogen-bond donors (Lipinski definition) is 1. The highest BCUT2D eigenvalue weighted by Gasteiger charge is 2.11. The summed E-state index contributed by atoms with van der Waals surface area (Å²) in [6.45, 7) is 0.507. The van der Waals surface area contributed by atoms with Crippen LogP contribution in [-0.2, 0) is 20.7 Å². The van der Waals surface area contributed by atoms with Crippen LogP contribution in [0.3, 0.4) is 0 Å². The number of rotatable bonds is 4. The second-order valence-electron chi connectivity index (χ2n) is 4.04. The molecular formula is C13H16N3O2+. The van der Waals surface area contributed by atoms with Crippen LogP contribution in [-0.4, -0.2) is 16.0 Å². The van der Waals surface area contributed by atoms with Crippen molar-refractivity contribution in [2.24, 2.45) is 19.3 Å². The third-order valence-corrected chi connectivity index (χ3v) is 2.78. The normalized spacial score (nSPS) is 11.0. The van der Waals surface area contributed by atoms with E-state index in [-0.39, 0.29) is 0 Å². The Morgan fingerprint density at radius 1 is 1.39 bits per heavy atom. The maximum absolute atomic E-state index is 8.41. The lowest BCUT2D eigenvalue weighted by Gasteiger charge is -2.04. The second-order valence-corrected chi connectivity index (χ2v) is 4.04. The molecule has 0 bridgehead atoms. The van der Waals surface area contributed by atoms with E-state index in [4.69, 9.17) is 9.94 Å². The summed E-state index contributed by atoms with van der Waals surface area (Å²) in [5.74, 6) is 1.86. The Hall–Kier alpha value is -2.30. The molecule has 0 unspecified atom stereocenters. The van der Waals surface area contributed by atoms with E-state index in [1.54, 1.807) is 0 Å². The fourth-order valence-corrected chi connectivity index (χ4v) is 1.69. The number of aromatic nitrogens is 2. The molecule has 0 aliphatic carbocycles. The van der Waals surface area contributed by atoms with Crippen molar-refractivity contribution in [3.8, 4) is 5.75 Å². The molecule has 1 aromatic carbocycles. The van der Waals surface area contributed by atoms with Gasteiger partial charge in [-0.1, -0.05) is 5.16 Å². The average Bonchev–Trinajstić information content (AvgIpc) is 2.69. The SMILES string of the molecule is Cn1cc[n+](C)c1COc1ccc(/C=N\O)cc1. The third-order valence-electron chi connectivity index (χ3n) is 2.78. The van der Waals surface area contributed by atoms with E-state index < -0.39 is 0 Å². The Morgan fingerprint density at radius 2 is 2.11 bits per heavy atom. The van der Waals surface area contributed by atoms with Gasteiger partial charge in [-0.2, -0.15) is 0 Å². The minimum absolute atomic E-state index is 0.507. The zero-order valence-electron chi connectivity index (χ0n) is 10.4. The van der Waals surface area contributed by atoms with E-state index in [9.17, 15) is 0 Å². The number of aryl methyl sites for hydroxylation is 2. The van der Waals surface area contributed by atoms with Gasteiger partial charge in [-0.3, -0.25) is 0 Å². The zero-order chi connectivity index (χ0) is 13.0. The summed E-state index contributed by atoms with van der Waals surface area (Å²) in [6.07, 6.45) is 5.35. The number of imidazole rings is 1. The van der Waals surface area contributed by atoms with Crippen molar-refractivity contribution in [3.63, 3.8) is 0 Å². The molecule has 0 spiro atoms. The molecule has 0 radical (unpaired) electrons. The Kier molecular flexibility index (Phi) is 3.62. The first-order valence-corrected chi connectivity index (χ1v) is 5.61. The quantitative estimate of drug-likeness (QED) is 0.382. The topological polar surface area (TPSA) is 50.6 Å².